The summed E-state index contributed by atoms with van der Waals surface area (Å²) in [6.07, 6.45) is 6.74. The molecule has 7 nitrogen and oxygen atoms in total. The molecule has 1 saturated heterocycles. The Kier molecular flexibility index (Phi) is 8.77. The Hall–Kier alpha value is -1.36. The van der Waals surface area contributed by atoms with E-state index < -0.39 is 20.5 Å². The molecule has 2 heterocycles. The molecule has 1 amide bonds. The summed E-state index contributed by atoms with van der Waals surface area (Å²) in [6, 6.07) is -0.290. The molecule has 0 spiro atoms. The lowest BCUT2D eigenvalue weighted by Gasteiger charge is -2.38. The molecular formula is C21H35N3O4S2Si. The first-order valence-electron chi connectivity index (χ1n) is 10.3. The molecule has 0 aromatic carbocycles. The average molecular weight is 486 g/mol. The summed E-state index contributed by atoms with van der Waals surface area (Å²) in [7, 11) is -0.171. The number of amides is 1. The highest BCUT2D eigenvalue weighted by Crippen LogP contribution is 2.41. The van der Waals surface area contributed by atoms with Crippen LogP contribution in [0.4, 0.5) is 4.79 Å². The van der Waals surface area contributed by atoms with Crippen LogP contribution in [0.3, 0.4) is 0 Å². The van der Waals surface area contributed by atoms with E-state index >= 15 is 0 Å². The number of thioether (sulfide) groups is 1. The molecule has 1 aromatic rings. The number of carbonyl (C=O) groups is 1. The number of aromatic nitrogens is 2. The van der Waals surface area contributed by atoms with E-state index in [1.54, 1.807) is 21.9 Å². The van der Waals surface area contributed by atoms with Crippen LogP contribution in [-0.4, -0.2) is 65.0 Å². The van der Waals surface area contributed by atoms with E-state index in [0.717, 1.165) is 5.56 Å². The molecule has 3 unspecified atom stereocenters. The van der Waals surface area contributed by atoms with Crippen LogP contribution in [0.25, 0.3) is 0 Å². The maximum atomic E-state index is 12.9. The van der Waals surface area contributed by atoms with Gasteiger partial charge in [0.1, 0.15) is 12.7 Å². The second-order valence-corrected chi connectivity index (χ2v) is 15.4. The van der Waals surface area contributed by atoms with Crippen LogP contribution in [0, 0.1) is 0 Å². The summed E-state index contributed by atoms with van der Waals surface area (Å²) in [4.78, 5) is 14.6. The van der Waals surface area contributed by atoms with Crippen molar-refractivity contribution in [3.05, 3.63) is 30.6 Å². The minimum atomic E-state index is -2.02. The third-order valence-electron chi connectivity index (χ3n) is 5.92. The zero-order chi connectivity index (χ0) is 23.4. The maximum Gasteiger partial charge on any atom is 0.410 e. The Morgan fingerprint density at radius 1 is 1.48 bits per heavy atom. The third-order valence-corrected chi connectivity index (χ3v) is 11.5. The van der Waals surface area contributed by atoms with Crippen molar-refractivity contribution in [2.45, 2.75) is 63.6 Å². The van der Waals surface area contributed by atoms with Gasteiger partial charge in [-0.25, -0.2) is 4.79 Å². The third kappa shape index (κ3) is 6.56. The van der Waals surface area contributed by atoms with Gasteiger partial charge < -0.3 is 13.9 Å². The average Bonchev–Trinajstić information content (AvgIpc) is 3.29. The fourth-order valence-electron chi connectivity index (χ4n) is 3.32. The second-order valence-electron chi connectivity index (χ2n) is 9.26. The van der Waals surface area contributed by atoms with Gasteiger partial charge in [0, 0.05) is 25.4 Å². The van der Waals surface area contributed by atoms with Gasteiger partial charge in [0.25, 0.3) is 0 Å². The van der Waals surface area contributed by atoms with Gasteiger partial charge in [-0.1, -0.05) is 45.2 Å². The lowest BCUT2D eigenvalue weighted by atomic mass is 10.0. The number of ether oxygens (including phenoxy) is 2. The first-order valence-corrected chi connectivity index (χ1v) is 14.9. The summed E-state index contributed by atoms with van der Waals surface area (Å²) in [5, 5.41) is 4.35. The molecule has 174 valence electrons. The van der Waals surface area contributed by atoms with E-state index in [4.69, 9.17) is 26.1 Å². The molecule has 2 rings (SSSR count). The van der Waals surface area contributed by atoms with Gasteiger partial charge in [0.2, 0.25) is 4.38 Å². The number of hydrogen-bond donors (Lipinski definition) is 0. The van der Waals surface area contributed by atoms with Gasteiger partial charge in [-0.05, 0) is 43.0 Å². The molecule has 1 aliphatic heterocycles. The van der Waals surface area contributed by atoms with E-state index in [2.05, 4.69) is 45.5 Å². The number of carbonyl (C=O) groups excluding carboxylic acids is 1. The zero-order valence-electron chi connectivity index (χ0n) is 19.6. The van der Waals surface area contributed by atoms with E-state index in [9.17, 15) is 4.79 Å². The minimum Gasteiger partial charge on any atom is -0.468 e. The summed E-state index contributed by atoms with van der Waals surface area (Å²) < 4.78 is 20.3. The number of likely N-dealkylation sites (tertiary alicyclic amines) is 1. The smallest absolute Gasteiger partial charge is 0.410 e. The van der Waals surface area contributed by atoms with Gasteiger partial charge in [-0.15, -0.1) is 0 Å². The van der Waals surface area contributed by atoms with Crippen molar-refractivity contribution in [1.82, 2.24) is 14.7 Å². The van der Waals surface area contributed by atoms with Crippen LogP contribution < -0.4 is 0 Å². The monoisotopic (exact) mass is 485 g/mol. The SMILES string of the molecule is C=CCOC(=O)N1CC(O[Si](C)(C)C(C)(C)C)CC1C(OC(=S)SC)c1cnn(C)c1. The lowest BCUT2D eigenvalue weighted by Crippen LogP contribution is -2.45. The van der Waals surface area contributed by atoms with Crippen molar-refractivity contribution >= 4 is 42.8 Å². The molecule has 1 aliphatic rings. The highest BCUT2D eigenvalue weighted by atomic mass is 32.2. The largest absolute Gasteiger partial charge is 0.468 e. The predicted octanol–water partition coefficient (Wildman–Crippen LogP) is 4.91. The Labute approximate surface area is 196 Å². The Bertz CT molecular complexity index is 794. The van der Waals surface area contributed by atoms with Crippen molar-refractivity contribution < 1.29 is 18.7 Å². The fourth-order valence-corrected chi connectivity index (χ4v) is 4.98. The van der Waals surface area contributed by atoms with Crippen molar-refractivity contribution in [2.24, 2.45) is 7.05 Å². The van der Waals surface area contributed by atoms with E-state index in [-0.39, 0.29) is 23.8 Å². The Morgan fingerprint density at radius 2 is 2.16 bits per heavy atom. The van der Waals surface area contributed by atoms with Crippen LogP contribution in [-0.2, 0) is 20.9 Å². The summed E-state index contributed by atoms with van der Waals surface area (Å²) in [5.74, 6) is 0. The normalized spacial score (nSPS) is 20.4. The molecule has 10 heteroatoms. The van der Waals surface area contributed by atoms with Gasteiger partial charge in [0.05, 0.1) is 18.3 Å². The Balaban J connectivity index is 2.36. The highest BCUT2D eigenvalue weighted by Gasteiger charge is 2.47. The molecule has 31 heavy (non-hydrogen) atoms. The first-order chi connectivity index (χ1) is 14.4. The molecule has 1 fully saturated rings. The first kappa shape index (κ1) is 25.9. The molecule has 0 saturated carbocycles. The molecule has 3 atom stereocenters. The van der Waals surface area contributed by atoms with Crippen LogP contribution in [0.1, 0.15) is 38.9 Å². The number of rotatable bonds is 7. The number of aryl methyl sites for hydroxylation is 1. The second kappa shape index (κ2) is 10.5. The van der Waals surface area contributed by atoms with Crippen LogP contribution in [0.5, 0.6) is 0 Å². The molecule has 0 bridgehead atoms. The standard InChI is InChI=1S/C21H35N3O4S2Si/c1-9-10-26-19(25)24-14-16(28-31(7,8)21(2,3)4)11-17(24)18(27-20(29)30-6)15-12-22-23(5)13-15/h9,12-13,16-18H,1,10-11,14H2,2-8H3. The number of thiocarbonyl (C=S) groups is 1. The van der Waals surface area contributed by atoms with Crippen molar-refractivity contribution in [3.8, 4) is 0 Å². The molecule has 1 aromatic heterocycles. The fraction of sp³-hybridized carbons (Fsp3) is 0.667. The van der Waals surface area contributed by atoms with E-state index in [0.29, 0.717) is 17.3 Å². The van der Waals surface area contributed by atoms with Crippen LogP contribution in [0.2, 0.25) is 18.1 Å². The van der Waals surface area contributed by atoms with Crippen molar-refractivity contribution in [2.75, 3.05) is 19.4 Å². The van der Waals surface area contributed by atoms with E-state index in [1.807, 2.05) is 19.5 Å². The molecule has 0 radical (unpaired) electrons. The van der Waals surface area contributed by atoms with Gasteiger partial charge in [-0.2, -0.15) is 5.10 Å². The number of nitrogens with zero attached hydrogens (tertiary/aromatic N) is 3. The molecule has 0 N–H and O–H groups in total. The van der Waals surface area contributed by atoms with Gasteiger partial charge in [0.15, 0.2) is 8.32 Å². The quantitative estimate of drug-likeness (QED) is 0.309. The molecule has 0 aliphatic carbocycles. The lowest BCUT2D eigenvalue weighted by molar-refractivity contribution is 0.0646. The topological polar surface area (TPSA) is 65.8 Å². The summed E-state index contributed by atoms with van der Waals surface area (Å²) in [6.45, 7) is 15.3. The minimum absolute atomic E-state index is 0.0684. The summed E-state index contributed by atoms with van der Waals surface area (Å²) >= 11 is 6.72. The maximum absolute atomic E-state index is 12.9. The highest BCUT2D eigenvalue weighted by molar-refractivity contribution is 8.22. The van der Waals surface area contributed by atoms with Crippen LogP contribution in [0.15, 0.2) is 25.0 Å². The van der Waals surface area contributed by atoms with Crippen molar-refractivity contribution in [3.63, 3.8) is 0 Å². The Morgan fingerprint density at radius 3 is 2.68 bits per heavy atom. The zero-order valence-corrected chi connectivity index (χ0v) is 22.2. The predicted molar refractivity (Wildman–Crippen MR) is 132 cm³/mol. The summed E-state index contributed by atoms with van der Waals surface area (Å²) in [5.41, 5.74) is 0.860. The molecular weight excluding hydrogens is 450 g/mol. The number of hydrogen-bond acceptors (Lipinski definition) is 7. The van der Waals surface area contributed by atoms with E-state index in [1.165, 1.54) is 11.8 Å². The van der Waals surface area contributed by atoms with Crippen LogP contribution >= 0.6 is 24.0 Å². The van der Waals surface area contributed by atoms with Crippen molar-refractivity contribution in [1.29, 1.82) is 0 Å². The van der Waals surface area contributed by atoms with Gasteiger partial charge in [-0.3, -0.25) is 9.58 Å². The van der Waals surface area contributed by atoms with Gasteiger partial charge >= 0.3 is 6.09 Å².